The quantitative estimate of drug-likeness (QED) is 0.802. The summed E-state index contributed by atoms with van der Waals surface area (Å²) >= 11 is 0. The van der Waals surface area contributed by atoms with E-state index in [1.54, 1.807) is 13.2 Å². The summed E-state index contributed by atoms with van der Waals surface area (Å²) in [5.74, 6) is -2.01. The molecular weight excluding hydrogens is 225 g/mol. The van der Waals surface area contributed by atoms with Gasteiger partial charge in [-0.15, -0.1) is 0 Å². The molecule has 0 amide bonds. The number of carboxylic acid groups (broad SMARTS) is 1. The zero-order valence-electron chi connectivity index (χ0n) is 9.87. The van der Waals surface area contributed by atoms with Crippen LogP contribution in [0.15, 0.2) is 18.2 Å². The van der Waals surface area contributed by atoms with E-state index in [0.717, 1.165) is 6.07 Å². The van der Waals surface area contributed by atoms with E-state index in [0.29, 0.717) is 18.7 Å². The number of halogens is 1. The zero-order chi connectivity index (χ0) is 12.8. The zero-order valence-corrected chi connectivity index (χ0v) is 9.87. The van der Waals surface area contributed by atoms with Crippen molar-refractivity contribution in [3.05, 3.63) is 29.6 Å². The predicted octanol–water partition coefficient (Wildman–Crippen LogP) is 2.36. The Hall–Kier alpha value is -1.62. The summed E-state index contributed by atoms with van der Waals surface area (Å²) in [4.78, 5) is 10.9. The van der Waals surface area contributed by atoms with Crippen LogP contribution in [0, 0.1) is 5.82 Å². The Bertz CT molecular complexity index is 395. The van der Waals surface area contributed by atoms with Gasteiger partial charge in [0.2, 0.25) is 0 Å². The number of hydrogen-bond acceptors (Lipinski definition) is 3. The summed E-state index contributed by atoms with van der Waals surface area (Å²) in [6, 6.07) is 4.17. The van der Waals surface area contributed by atoms with Crippen LogP contribution in [0.4, 0.5) is 10.1 Å². The molecule has 1 unspecified atom stereocenters. The molecule has 4 nitrogen and oxygen atoms in total. The molecule has 1 rings (SSSR count). The standard InChI is InChI=1S/C12H16FNO3/c1-8(6-7-17-2)14-10-5-3-4-9(13)11(10)12(15)16/h3-5,8,14H,6-7H2,1-2H3,(H,15,16). The molecule has 5 heteroatoms. The van der Waals surface area contributed by atoms with E-state index in [9.17, 15) is 9.18 Å². The first-order chi connectivity index (χ1) is 8.06. The largest absolute Gasteiger partial charge is 0.478 e. The van der Waals surface area contributed by atoms with Gasteiger partial charge in [0.25, 0.3) is 0 Å². The lowest BCUT2D eigenvalue weighted by atomic mass is 10.1. The number of carbonyl (C=O) groups is 1. The maximum absolute atomic E-state index is 13.4. The molecular formula is C12H16FNO3. The van der Waals surface area contributed by atoms with Gasteiger partial charge < -0.3 is 15.2 Å². The monoisotopic (exact) mass is 241 g/mol. The van der Waals surface area contributed by atoms with Crippen molar-refractivity contribution in [2.24, 2.45) is 0 Å². The average molecular weight is 241 g/mol. The first kappa shape index (κ1) is 13.4. The summed E-state index contributed by atoms with van der Waals surface area (Å²) in [6.45, 7) is 2.45. The molecule has 0 fully saturated rings. The number of carboxylic acids is 1. The molecule has 1 aromatic rings. The van der Waals surface area contributed by atoms with Crippen molar-refractivity contribution in [1.82, 2.24) is 0 Å². The highest BCUT2D eigenvalue weighted by Gasteiger charge is 2.16. The highest BCUT2D eigenvalue weighted by Crippen LogP contribution is 2.20. The Balaban J connectivity index is 2.83. The third-order valence-corrected chi connectivity index (χ3v) is 2.38. The first-order valence-electron chi connectivity index (χ1n) is 5.33. The lowest BCUT2D eigenvalue weighted by Gasteiger charge is -2.16. The second-order valence-electron chi connectivity index (χ2n) is 3.79. The van der Waals surface area contributed by atoms with Crippen LogP contribution >= 0.6 is 0 Å². The smallest absolute Gasteiger partial charge is 0.340 e. The molecule has 0 saturated heterocycles. The maximum atomic E-state index is 13.4. The van der Waals surface area contributed by atoms with E-state index in [1.165, 1.54) is 6.07 Å². The van der Waals surface area contributed by atoms with Crippen LogP contribution < -0.4 is 5.32 Å². The van der Waals surface area contributed by atoms with Crippen LogP contribution in [0.1, 0.15) is 23.7 Å². The van der Waals surface area contributed by atoms with E-state index in [4.69, 9.17) is 9.84 Å². The van der Waals surface area contributed by atoms with Crippen molar-refractivity contribution in [3.8, 4) is 0 Å². The van der Waals surface area contributed by atoms with Crippen molar-refractivity contribution in [2.45, 2.75) is 19.4 Å². The molecule has 0 bridgehead atoms. The molecule has 1 aromatic carbocycles. The van der Waals surface area contributed by atoms with Gasteiger partial charge in [0, 0.05) is 19.8 Å². The molecule has 0 aromatic heterocycles. The number of methoxy groups -OCH3 is 1. The van der Waals surface area contributed by atoms with Gasteiger partial charge in [-0.3, -0.25) is 0 Å². The number of benzene rings is 1. The van der Waals surface area contributed by atoms with Gasteiger partial charge >= 0.3 is 5.97 Å². The fourth-order valence-electron chi connectivity index (χ4n) is 1.49. The lowest BCUT2D eigenvalue weighted by Crippen LogP contribution is -2.19. The van der Waals surface area contributed by atoms with Crippen LogP contribution in [-0.4, -0.2) is 30.8 Å². The fourth-order valence-corrected chi connectivity index (χ4v) is 1.49. The van der Waals surface area contributed by atoms with Crippen LogP contribution in [0.2, 0.25) is 0 Å². The molecule has 17 heavy (non-hydrogen) atoms. The number of hydrogen-bond donors (Lipinski definition) is 2. The van der Waals surface area contributed by atoms with Gasteiger partial charge in [0.05, 0.1) is 5.69 Å². The van der Waals surface area contributed by atoms with Crippen molar-refractivity contribution in [2.75, 3.05) is 19.0 Å². The van der Waals surface area contributed by atoms with Crippen molar-refractivity contribution in [1.29, 1.82) is 0 Å². The van der Waals surface area contributed by atoms with Crippen molar-refractivity contribution >= 4 is 11.7 Å². The average Bonchev–Trinajstić information content (AvgIpc) is 2.25. The van der Waals surface area contributed by atoms with Gasteiger partial charge in [-0.05, 0) is 25.5 Å². The Morgan fingerprint density at radius 3 is 2.88 bits per heavy atom. The Morgan fingerprint density at radius 2 is 2.29 bits per heavy atom. The molecule has 0 spiro atoms. The Labute approximate surface area is 99.4 Å². The van der Waals surface area contributed by atoms with Gasteiger partial charge in [-0.25, -0.2) is 9.18 Å². The molecule has 0 saturated carbocycles. The van der Waals surface area contributed by atoms with Crippen molar-refractivity contribution in [3.63, 3.8) is 0 Å². The minimum atomic E-state index is -1.27. The normalized spacial score (nSPS) is 12.2. The number of anilines is 1. The minimum absolute atomic E-state index is 0.00912. The maximum Gasteiger partial charge on any atom is 0.340 e. The van der Waals surface area contributed by atoms with Gasteiger partial charge in [-0.1, -0.05) is 6.07 Å². The molecule has 2 N–H and O–H groups in total. The molecule has 94 valence electrons. The first-order valence-corrected chi connectivity index (χ1v) is 5.33. The summed E-state index contributed by atoms with van der Waals surface area (Å²) in [5, 5.41) is 11.9. The third kappa shape index (κ3) is 3.71. The molecule has 0 aliphatic carbocycles. The molecule has 0 heterocycles. The summed E-state index contributed by atoms with van der Waals surface area (Å²) in [7, 11) is 1.59. The van der Waals surface area contributed by atoms with Gasteiger partial charge in [0.1, 0.15) is 11.4 Å². The van der Waals surface area contributed by atoms with E-state index in [2.05, 4.69) is 5.32 Å². The van der Waals surface area contributed by atoms with E-state index < -0.39 is 11.8 Å². The van der Waals surface area contributed by atoms with Crippen molar-refractivity contribution < 1.29 is 19.0 Å². The number of rotatable bonds is 6. The predicted molar refractivity (Wildman–Crippen MR) is 62.9 cm³/mol. The number of ether oxygens (including phenoxy) is 1. The summed E-state index contributed by atoms with van der Waals surface area (Å²) in [5.41, 5.74) is -0.0298. The molecule has 0 aliphatic heterocycles. The second kappa shape index (κ2) is 6.20. The SMILES string of the molecule is COCCC(C)Nc1cccc(F)c1C(=O)O. The molecule has 1 atom stereocenters. The van der Waals surface area contributed by atoms with E-state index >= 15 is 0 Å². The highest BCUT2D eigenvalue weighted by atomic mass is 19.1. The van der Waals surface area contributed by atoms with Gasteiger partial charge in [0.15, 0.2) is 0 Å². The van der Waals surface area contributed by atoms with Crippen LogP contribution in [-0.2, 0) is 4.74 Å². The lowest BCUT2D eigenvalue weighted by molar-refractivity contribution is 0.0693. The summed E-state index contributed by atoms with van der Waals surface area (Å²) in [6.07, 6.45) is 0.714. The molecule has 0 aliphatic rings. The van der Waals surface area contributed by atoms with Crippen LogP contribution in [0.5, 0.6) is 0 Å². The van der Waals surface area contributed by atoms with E-state index in [-0.39, 0.29) is 11.6 Å². The van der Waals surface area contributed by atoms with Gasteiger partial charge in [-0.2, -0.15) is 0 Å². The fraction of sp³-hybridized carbons (Fsp3) is 0.417. The number of nitrogens with one attached hydrogen (secondary N) is 1. The van der Waals surface area contributed by atoms with Crippen LogP contribution in [0.3, 0.4) is 0 Å². The van der Waals surface area contributed by atoms with Crippen LogP contribution in [0.25, 0.3) is 0 Å². The third-order valence-electron chi connectivity index (χ3n) is 2.38. The topological polar surface area (TPSA) is 58.6 Å². The Kier molecular flexibility index (Phi) is 4.90. The summed E-state index contributed by atoms with van der Waals surface area (Å²) < 4.78 is 18.3. The number of aromatic carboxylic acids is 1. The second-order valence-corrected chi connectivity index (χ2v) is 3.79. The highest BCUT2D eigenvalue weighted by molar-refractivity contribution is 5.94. The molecule has 0 radical (unpaired) electrons. The Morgan fingerprint density at radius 1 is 1.59 bits per heavy atom. The minimum Gasteiger partial charge on any atom is -0.478 e. The van der Waals surface area contributed by atoms with E-state index in [1.807, 2.05) is 6.92 Å².